The standard InChI is InChI=1S/C22H20N2O3S2/c1-4-27-21(26)18-14(3)23-22-24(19(18)16-9-6-10-28-16)20(25)17(29-22)12-15-8-5-7-13(2)11-15/h5-12,19H,4H2,1-3H3. The summed E-state index contributed by atoms with van der Waals surface area (Å²) >= 11 is 2.85. The van der Waals surface area contributed by atoms with Gasteiger partial charge in [-0.3, -0.25) is 9.36 Å². The smallest absolute Gasteiger partial charge is 0.338 e. The Morgan fingerprint density at radius 2 is 2.10 bits per heavy atom. The number of allylic oxidation sites excluding steroid dienone is 1. The van der Waals surface area contributed by atoms with Gasteiger partial charge in [0, 0.05) is 4.88 Å². The first-order chi connectivity index (χ1) is 14.0. The fourth-order valence-corrected chi connectivity index (χ4v) is 5.29. The normalized spacial score (nSPS) is 16.5. The number of ether oxygens (including phenoxy) is 1. The molecule has 1 unspecified atom stereocenters. The van der Waals surface area contributed by atoms with Crippen molar-refractivity contribution >= 4 is 34.7 Å². The molecule has 0 N–H and O–H groups in total. The number of carbonyl (C=O) groups excluding carboxylic acids is 1. The number of rotatable bonds is 4. The van der Waals surface area contributed by atoms with Crippen molar-refractivity contribution < 1.29 is 9.53 Å². The first-order valence-electron chi connectivity index (χ1n) is 9.29. The number of carbonyl (C=O) groups is 1. The monoisotopic (exact) mass is 424 g/mol. The third-order valence-electron chi connectivity index (χ3n) is 4.67. The second kappa shape index (κ2) is 7.93. The Morgan fingerprint density at radius 3 is 2.79 bits per heavy atom. The first kappa shape index (κ1) is 19.5. The van der Waals surface area contributed by atoms with Crippen LogP contribution in [0.3, 0.4) is 0 Å². The van der Waals surface area contributed by atoms with Gasteiger partial charge < -0.3 is 4.74 Å². The number of thiophene rings is 1. The van der Waals surface area contributed by atoms with Gasteiger partial charge in [0.15, 0.2) is 4.80 Å². The molecule has 0 spiro atoms. The number of hydrogen-bond acceptors (Lipinski definition) is 6. The molecule has 0 aliphatic carbocycles. The van der Waals surface area contributed by atoms with E-state index in [2.05, 4.69) is 4.99 Å². The Labute approximate surface area is 175 Å². The number of esters is 1. The van der Waals surface area contributed by atoms with Gasteiger partial charge in [-0.15, -0.1) is 11.3 Å². The zero-order chi connectivity index (χ0) is 20.5. The van der Waals surface area contributed by atoms with E-state index in [-0.39, 0.29) is 12.2 Å². The Morgan fingerprint density at radius 1 is 1.28 bits per heavy atom. The maximum Gasteiger partial charge on any atom is 0.338 e. The zero-order valence-corrected chi connectivity index (χ0v) is 18.0. The topological polar surface area (TPSA) is 60.7 Å². The summed E-state index contributed by atoms with van der Waals surface area (Å²) in [6.45, 7) is 5.85. The molecular formula is C22H20N2O3S2. The molecule has 4 rings (SSSR count). The predicted molar refractivity (Wildman–Crippen MR) is 116 cm³/mol. The number of aromatic nitrogens is 1. The lowest BCUT2D eigenvalue weighted by molar-refractivity contribution is -0.139. The SMILES string of the molecule is CCOC(=O)C1=C(C)N=c2sc(=Cc3cccc(C)c3)c(=O)n2C1c1cccs1. The highest BCUT2D eigenvalue weighted by Gasteiger charge is 2.33. The lowest BCUT2D eigenvalue weighted by atomic mass is 10.0. The van der Waals surface area contributed by atoms with Crippen LogP contribution >= 0.6 is 22.7 Å². The van der Waals surface area contributed by atoms with E-state index in [1.807, 2.05) is 54.8 Å². The summed E-state index contributed by atoms with van der Waals surface area (Å²) in [5, 5.41) is 1.94. The molecule has 0 fully saturated rings. The van der Waals surface area contributed by atoms with Crippen LogP contribution in [0.5, 0.6) is 0 Å². The van der Waals surface area contributed by atoms with Crippen molar-refractivity contribution in [2.75, 3.05) is 6.61 Å². The molecule has 1 aliphatic rings. The summed E-state index contributed by atoms with van der Waals surface area (Å²) < 4.78 is 7.49. The fraction of sp³-hybridized carbons (Fsp3) is 0.227. The van der Waals surface area contributed by atoms with Crippen LogP contribution in [0.4, 0.5) is 0 Å². The summed E-state index contributed by atoms with van der Waals surface area (Å²) in [5.74, 6) is -0.430. The lowest BCUT2D eigenvalue weighted by Crippen LogP contribution is -2.39. The molecule has 29 heavy (non-hydrogen) atoms. The molecule has 3 heterocycles. The Kier molecular flexibility index (Phi) is 5.34. The second-order valence-corrected chi connectivity index (χ2v) is 8.72. The van der Waals surface area contributed by atoms with E-state index in [9.17, 15) is 9.59 Å². The number of fused-ring (bicyclic) bond motifs is 1. The number of nitrogens with zero attached hydrogens (tertiary/aromatic N) is 2. The van der Waals surface area contributed by atoms with E-state index in [1.165, 1.54) is 22.7 Å². The summed E-state index contributed by atoms with van der Waals surface area (Å²) in [6.07, 6.45) is 1.88. The van der Waals surface area contributed by atoms with Crippen molar-refractivity contribution in [1.82, 2.24) is 4.57 Å². The highest BCUT2D eigenvalue weighted by Crippen LogP contribution is 2.33. The molecule has 0 saturated heterocycles. The van der Waals surface area contributed by atoms with Crippen LogP contribution in [0.25, 0.3) is 6.08 Å². The van der Waals surface area contributed by atoms with Gasteiger partial charge in [0.05, 0.1) is 22.4 Å². The van der Waals surface area contributed by atoms with Crippen LogP contribution in [0, 0.1) is 6.92 Å². The van der Waals surface area contributed by atoms with Crippen LogP contribution in [-0.4, -0.2) is 17.1 Å². The summed E-state index contributed by atoms with van der Waals surface area (Å²) in [5.41, 5.74) is 2.95. The van der Waals surface area contributed by atoms with Gasteiger partial charge in [0.25, 0.3) is 5.56 Å². The molecule has 0 amide bonds. The van der Waals surface area contributed by atoms with Crippen LogP contribution < -0.4 is 14.9 Å². The molecule has 5 nitrogen and oxygen atoms in total. The third-order valence-corrected chi connectivity index (χ3v) is 6.58. The predicted octanol–water partition coefficient (Wildman–Crippen LogP) is 3.17. The van der Waals surface area contributed by atoms with Crippen molar-refractivity contribution in [3.05, 3.63) is 88.7 Å². The van der Waals surface area contributed by atoms with Crippen molar-refractivity contribution in [2.45, 2.75) is 26.8 Å². The van der Waals surface area contributed by atoms with Crippen molar-refractivity contribution in [3.63, 3.8) is 0 Å². The number of thiazole rings is 1. The first-order valence-corrected chi connectivity index (χ1v) is 11.0. The Balaban J connectivity index is 1.94. The molecule has 0 saturated carbocycles. The quantitative estimate of drug-likeness (QED) is 0.605. The van der Waals surface area contributed by atoms with E-state index in [0.717, 1.165) is 16.0 Å². The van der Waals surface area contributed by atoms with Gasteiger partial charge >= 0.3 is 5.97 Å². The molecular weight excluding hydrogens is 404 g/mol. The number of benzene rings is 1. The van der Waals surface area contributed by atoms with Crippen molar-refractivity contribution in [1.29, 1.82) is 0 Å². The van der Waals surface area contributed by atoms with Gasteiger partial charge in [0.1, 0.15) is 6.04 Å². The molecule has 0 bridgehead atoms. The van der Waals surface area contributed by atoms with Crippen molar-refractivity contribution in [2.24, 2.45) is 4.99 Å². The third kappa shape index (κ3) is 3.63. The van der Waals surface area contributed by atoms with E-state index in [0.29, 0.717) is 20.6 Å². The minimum absolute atomic E-state index is 0.150. The highest BCUT2D eigenvalue weighted by atomic mass is 32.1. The van der Waals surface area contributed by atoms with Gasteiger partial charge in [-0.1, -0.05) is 47.2 Å². The molecule has 148 valence electrons. The average Bonchev–Trinajstić information content (AvgIpc) is 3.30. The lowest BCUT2D eigenvalue weighted by Gasteiger charge is -2.23. The van der Waals surface area contributed by atoms with Crippen LogP contribution in [0.2, 0.25) is 0 Å². The summed E-state index contributed by atoms with van der Waals surface area (Å²) in [7, 11) is 0. The summed E-state index contributed by atoms with van der Waals surface area (Å²) in [4.78, 5) is 32.1. The molecule has 1 aliphatic heterocycles. The maximum atomic E-state index is 13.4. The van der Waals surface area contributed by atoms with Gasteiger partial charge in [-0.25, -0.2) is 9.79 Å². The van der Waals surface area contributed by atoms with Crippen molar-refractivity contribution in [3.8, 4) is 0 Å². The van der Waals surface area contributed by atoms with E-state index < -0.39 is 12.0 Å². The van der Waals surface area contributed by atoms with Gasteiger partial charge in [-0.2, -0.15) is 0 Å². The van der Waals surface area contributed by atoms with Crippen LogP contribution in [0.15, 0.2) is 62.8 Å². The van der Waals surface area contributed by atoms with Gasteiger partial charge in [-0.05, 0) is 43.9 Å². The molecule has 3 aromatic rings. The minimum atomic E-state index is -0.523. The molecule has 0 radical (unpaired) electrons. The van der Waals surface area contributed by atoms with Gasteiger partial charge in [0.2, 0.25) is 0 Å². The Bertz CT molecular complexity index is 1280. The van der Waals surface area contributed by atoms with E-state index >= 15 is 0 Å². The number of hydrogen-bond donors (Lipinski definition) is 0. The van der Waals surface area contributed by atoms with Crippen LogP contribution in [0.1, 0.15) is 35.9 Å². The van der Waals surface area contributed by atoms with E-state index in [4.69, 9.17) is 4.74 Å². The largest absolute Gasteiger partial charge is 0.463 e. The minimum Gasteiger partial charge on any atom is -0.463 e. The second-order valence-electron chi connectivity index (χ2n) is 6.73. The fourth-order valence-electron chi connectivity index (χ4n) is 3.42. The summed E-state index contributed by atoms with van der Waals surface area (Å²) in [6, 6.07) is 11.3. The molecule has 2 aromatic heterocycles. The average molecular weight is 425 g/mol. The maximum absolute atomic E-state index is 13.4. The molecule has 1 atom stereocenters. The zero-order valence-electron chi connectivity index (χ0n) is 16.3. The molecule has 1 aromatic carbocycles. The van der Waals surface area contributed by atoms with Crippen LogP contribution in [-0.2, 0) is 9.53 Å². The Hall–Kier alpha value is -2.77. The highest BCUT2D eigenvalue weighted by molar-refractivity contribution is 7.10. The van der Waals surface area contributed by atoms with E-state index in [1.54, 1.807) is 18.4 Å². The number of aryl methyl sites for hydroxylation is 1. The molecule has 7 heteroatoms.